The van der Waals surface area contributed by atoms with Gasteiger partial charge in [-0.15, -0.1) is 0 Å². The molecule has 7 heteroatoms. The van der Waals surface area contributed by atoms with Crippen molar-refractivity contribution in [3.8, 4) is 11.1 Å². The van der Waals surface area contributed by atoms with Crippen LogP contribution >= 0.6 is 0 Å². The Morgan fingerprint density at radius 2 is 1.73 bits per heavy atom. The average Bonchev–Trinajstić information content (AvgIpc) is 3.04. The molecule has 160 valence electrons. The number of likely N-dealkylation sites (tertiary alicyclic amines) is 1. The molecular formula is C23H27FN2O4. The third-order valence-electron chi connectivity index (χ3n) is 5.38. The number of esters is 1. The molecule has 0 aliphatic carbocycles. The van der Waals surface area contributed by atoms with Crippen molar-refractivity contribution >= 4 is 17.7 Å². The van der Waals surface area contributed by atoms with Gasteiger partial charge in [0.15, 0.2) is 0 Å². The molecule has 3 rings (SSSR count). The van der Waals surface area contributed by atoms with E-state index in [0.717, 1.165) is 6.42 Å². The number of hydrogen-bond donors (Lipinski definition) is 1. The summed E-state index contributed by atoms with van der Waals surface area (Å²) in [6.07, 6.45) is 1.01. The number of aryl methyl sites for hydroxylation is 1. The summed E-state index contributed by atoms with van der Waals surface area (Å²) in [4.78, 5) is 43.3. The number of Topliss-reactive ketones (excluding diaryl/α,β-unsaturated/α-hetero) is 1. The number of carbonyl (C=O) groups is 3. The van der Waals surface area contributed by atoms with Crippen LogP contribution in [0.15, 0.2) is 24.3 Å². The maximum absolute atomic E-state index is 13.5. The molecule has 0 radical (unpaired) electrons. The first kappa shape index (κ1) is 21.7. The first-order valence-electron chi connectivity index (χ1n) is 10.2. The van der Waals surface area contributed by atoms with Crippen LogP contribution in [0.1, 0.15) is 53.7 Å². The highest BCUT2D eigenvalue weighted by Gasteiger charge is 2.34. The molecule has 0 saturated carbocycles. The molecule has 30 heavy (non-hydrogen) atoms. The molecule has 0 spiro atoms. The zero-order valence-electron chi connectivity index (χ0n) is 17.8. The Balaban J connectivity index is 2.06. The van der Waals surface area contributed by atoms with Gasteiger partial charge in [0.05, 0.1) is 12.2 Å². The lowest BCUT2D eigenvalue weighted by Gasteiger charge is -2.34. The number of carbonyl (C=O) groups excluding carboxylic acids is 3. The fourth-order valence-corrected chi connectivity index (χ4v) is 4.24. The number of halogens is 1. The number of ether oxygens (including phenoxy) is 1. The molecule has 1 saturated heterocycles. The fraction of sp³-hybridized carbons (Fsp3) is 0.435. The van der Waals surface area contributed by atoms with Gasteiger partial charge in [0.25, 0.3) is 11.7 Å². The number of aromatic amines is 1. The van der Waals surface area contributed by atoms with Gasteiger partial charge in [0.1, 0.15) is 11.5 Å². The van der Waals surface area contributed by atoms with E-state index in [1.807, 2.05) is 0 Å². The summed E-state index contributed by atoms with van der Waals surface area (Å²) in [7, 11) is 0. The average molecular weight is 414 g/mol. The maximum Gasteiger partial charge on any atom is 0.340 e. The SMILES string of the molecule is CCOC(=O)c1c(C)[nH]c(C(=O)C(=O)N2C[C@H](C)C[C@H](C)C2)c1-c1ccc(F)cc1. The van der Waals surface area contributed by atoms with Gasteiger partial charge in [-0.1, -0.05) is 26.0 Å². The minimum Gasteiger partial charge on any atom is -0.462 e. The molecular weight excluding hydrogens is 387 g/mol. The van der Waals surface area contributed by atoms with Crippen LogP contribution in [0.5, 0.6) is 0 Å². The van der Waals surface area contributed by atoms with Crippen LogP contribution in [0.3, 0.4) is 0 Å². The Bertz CT molecular complexity index is 954. The normalized spacial score (nSPS) is 18.9. The van der Waals surface area contributed by atoms with E-state index in [0.29, 0.717) is 36.2 Å². The number of benzene rings is 1. The van der Waals surface area contributed by atoms with Crippen LogP contribution in [0.25, 0.3) is 11.1 Å². The molecule has 2 aromatic rings. The molecule has 0 unspecified atom stereocenters. The van der Waals surface area contributed by atoms with Crippen LogP contribution in [0.2, 0.25) is 0 Å². The quantitative estimate of drug-likeness (QED) is 0.456. The molecule has 1 N–H and O–H groups in total. The van der Waals surface area contributed by atoms with E-state index in [4.69, 9.17) is 4.74 Å². The van der Waals surface area contributed by atoms with Crippen LogP contribution in [0.4, 0.5) is 4.39 Å². The summed E-state index contributed by atoms with van der Waals surface area (Å²) in [5, 5.41) is 0. The molecule has 1 amide bonds. The summed E-state index contributed by atoms with van der Waals surface area (Å²) < 4.78 is 18.6. The maximum atomic E-state index is 13.5. The van der Waals surface area contributed by atoms with Crippen molar-refractivity contribution in [1.29, 1.82) is 0 Å². The lowest BCUT2D eigenvalue weighted by atomic mass is 9.91. The largest absolute Gasteiger partial charge is 0.462 e. The minimum absolute atomic E-state index is 0.0260. The van der Waals surface area contributed by atoms with Crippen LogP contribution in [0, 0.1) is 24.6 Å². The molecule has 1 aromatic heterocycles. The number of H-pyrrole nitrogens is 1. The number of nitrogens with zero attached hydrogens (tertiary/aromatic N) is 1. The van der Waals surface area contributed by atoms with Crippen LogP contribution < -0.4 is 0 Å². The summed E-state index contributed by atoms with van der Waals surface area (Å²) in [5.74, 6) is -1.74. The number of hydrogen-bond acceptors (Lipinski definition) is 4. The highest BCUT2D eigenvalue weighted by molar-refractivity contribution is 6.43. The van der Waals surface area contributed by atoms with Crippen molar-refractivity contribution in [3.63, 3.8) is 0 Å². The first-order chi connectivity index (χ1) is 14.2. The van der Waals surface area contributed by atoms with E-state index >= 15 is 0 Å². The minimum atomic E-state index is -0.714. The molecule has 2 heterocycles. The van der Waals surface area contributed by atoms with E-state index in [1.165, 1.54) is 24.3 Å². The topological polar surface area (TPSA) is 79.5 Å². The van der Waals surface area contributed by atoms with Crippen molar-refractivity contribution < 1.29 is 23.5 Å². The molecule has 1 fully saturated rings. The van der Waals surface area contributed by atoms with Gasteiger partial charge >= 0.3 is 5.97 Å². The van der Waals surface area contributed by atoms with Gasteiger partial charge in [-0.05, 0) is 49.8 Å². The summed E-state index contributed by atoms with van der Waals surface area (Å²) in [5.41, 5.74) is 1.35. The predicted molar refractivity (Wildman–Crippen MR) is 111 cm³/mol. The Hall–Kier alpha value is -2.96. The van der Waals surface area contributed by atoms with Crippen molar-refractivity contribution in [2.75, 3.05) is 19.7 Å². The lowest BCUT2D eigenvalue weighted by Crippen LogP contribution is -2.45. The Kier molecular flexibility index (Phi) is 6.39. The number of piperidine rings is 1. The molecule has 6 nitrogen and oxygen atoms in total. The summed E-state index contributed by atoms with van der Waals surface area (Å²) >= 11 is 0. The zero-order chi connectivity index (χ0) is 22.0. The molecule has 1 aromatic carbocycles. The Morgan fingerprint density at radius 1 is 1.13 bits per heavy atom. The van der Waals surface area contributed by atoms with Gasteiger partial charge < -0.3 is 14.6 Å². The molecule has 1 aliphatic rings. The van der Waals surface area contributed by atoms with Crippen molar-refractivity contribution in [2.24, 2.45) is 11.8 Å². The molecule has 1 aliphatic heterocycles. The van der Waals surface area contributed by atoms with E-state index in [1.54, 1.807) is 18.7 Å². The van der Waals surface area contributed by atoms with Crippen molar-refractivity contribution in [3.05, 3.63) is 47.0 Å². The third kappa shape index (κ3) is 4.30. The van der Waals surface area contributed by atoms with Gasteiger partial charge in [-0.25, -0.2) is 9.18 Å². The van der Waals surface area contributed by atoms with E-state index < -0.39 is 23.5 Å². The molecule has 2 atom stereocenters. The molecule has 0 bridgehead atoms. The van der Waals surface area contributed by atoms with Gasteiger partial charge in [-0.3, -0.25) is 9.59 Å². The Morgan fingerprint density at radius 3 is 2.30 bits per heavy atom. The summed E-state index contributed by atoms with van der Waals surface area (Å²) in [6, 6.07) is 5.45. The first-order valence-corrected chi connectivity index (χ1v) is 10.2. The monoisotopic (exact) mass is 414 g/mol. The number of ketones is 1. The van der Waals surface area contributed by atoms with Gasteiger partial charge in [0, 0.05) is 24.3 Å². The predicted octanol–water partition coefficient (Wildman–Crippen LogP) is 3.99. The lowest BCUT2D eigenvalue weighted by molar-refractivity contribution is -0.129. The smallest absolute Gasteiger partial charge is 0.340 e. The number of rotatable bonds is 5. The third-order valence-corrected chi connectivity index (χ3v) is 5.38. The van der Waals surface area contributed by atoms with Crippen LogP contribution in [-0.2, 0) is 9.53 Å². The second kappa shape index (κ2) is 8.81. The Labute approximate surface area is 175 Å². The highest BCUT2D eigenvalue weighted by Crippen LogP contribution is 2.32. The van der Waals surface area contributed by atoms with Crippen LogP contribution in [-0.4, -0.2) is 47.2 Å². The van der Waals surface area contributed by atoms with E-state index in [9.17, 15) is 18.8 Å². The number of amides is 1. The van der Waals surface area contributed by atoms with E-state index in [2.05, 4.69) is 18.8 Å². The standard InChI is InChI=1S/C23H27FN2O4/c1-5-30-23(29)18-15(4)25-20(19(18)16-6-8-17(24)9-7-16)21(27)22(28)26-11-13(2)10-14(3)12-26/h6-9,13-14,25H,5,10-12H2,1-4H3/t13-,14+. The van der Waals surface area contributed by atoms with E-state index in [-0.39, 0.29) is 23.4 Å². The van der Waals surface area contributed by atoms with Gasteiger partial charge in [-0.2, -0.15) is 0 Å². The number of aromatic nitrogens is 1. The number of nitrogens with one attached hydrogen (secondary N) is 1. The summed E-state index contributed by atoms with van der Waals surface area (Å²) in [6.45, 7) is 8.65. The second-order valence-corrected chi connectivity index (χ2v) is 8.09. The fourth-order valence-electron chi connectivity index (χ4n) is 4.24. The van der Waals surface area contributed by atoms with Crippen molar-refractivity contribution in [1.82, 2.24) is 9.88 Å². The van der Waals surface area contributed by atoms with Gasteiger partial charge in [0.2, 0.25) is 0 Å². The second-order valence-electron chi connectivity index (χ2n) is 8.09. The van der Waals surface area contributed by atoms with Crippen molar-refractivity contribution in [2.45, 2.75) is 34.1 Å². The zero-order valence-corrected chi connectivity index (χ0v) is 17.8. The highest BCUT2D eigenvalue weighted by atomic mass is 19.1.